The maximum atomic E-state index is 11.4. The summed E-state index contributed by atoms with van der Waals surface area (Å²) in [7, 11) is 0. The number of hydrogen-bond donors (Lipinski definition) is 3. The number of β-amino-alcohol motifs (C(OH)–C–C–N with tert-alkyl or cyclic N) is 1. The van der Waals surface area contributed by atoms with Crippen molar-refractivity contribution < 1.29 is 14.6 Å². The average molecular weight is 309 g/mol. The van der Waals surface area contributed by atoms with E-state index in [-0.39, 0.29) is 0 Å². The number of aliphatic hydroxyl groups is 1. The topological polar surface area (TPSA) is 87.8 Å². The number of nitrogens with one attached hydrogen (secondary N) is 1. The molecule has 6 nitrogen and oxygen atoms in total. The molecule has 0 radical (unpaired) electrons. The Kier molecular flexibility index (Phi) is 4.98. The first kappa shape index (κ1) is 15.5. The van der Waals surface area contributed by atoms with Crippen molar-refractivity contribution in [1.82, 2.24) is 4.90 Å². The molecule has 1 aromatic rings. The van der Waals surface area contributed by atoms with Gasteiger partial charge in [-0.3, -0.25) is 4.79 Å². The molecule has 114 valence electrons. The number of benzene rings is 1. The first-order valence-electron chi connectivity index (χ1n) is 6.79. The molecule has 1 aliphatic heterocycles. The van der Waals surface area contributed by atoms with Crippen LogP contribution in [0.2, 0.25) is 0 Å². The van der Waals surface area contributed by atoms with Gasteiger partial charge in [0.2, 0.25) is 5.91 Å². The molecule has 4 N–H and O–H groups in total. The van der Waals surface area contributed by atoms with E-state index in [0.717, 1.165) is 11.4 Å². The zero-order chi connectivity index (χ0) is 15.4. The van der Waals surface area contributed by atoms with Gasteiger partial charge in [-0.05, 0) is 43.4 Å². The maximum Gasteiger partial charge on any atom is 0.240 e. The predicted molar refractivity (Wildman–Crippen MR) is 84.1 cm³/mol. The molecule has 1 aromatic carbocycles. The number of amides is 1. The van der Waals surface area contributed by atoms with E-state index >= 15 is 0 Å². The van der Waals surface area contributed by atoms with Crippen molar-refractivity contribution in [3.63, 3.8) is 0 Å². The molecule has 0 spiro atoms. The van der Waals surface area contributed by atoms with E-state index in [9.17, 15) is 9.90 Å². The summed E-state index contributed by atoms with van der Waals surface area (Å²) in [6.45, 7) is 2.83. The minimum absolute atomic E-state index is 0.302. The Morgan fingerprint density at radius 1 is 1.52 bits per heavy atom. The molecule has 0 unspecified atom stereocenters. The summed E-state index contributed by atoms with van der Waals surface area (Å²) < 4.78 is 5.36. The zero-order valence-corrected chi connectivity index (χ0v) is 12.6. The number of primary amides is 1. The monoisotopic (exact) mass is 309 g/mol. The third-order valence-electron chi connectivity index (χ3n) is 3.28. The number of ether oxygens (including phenoxy) is 1. The van der Waals surface area contributed by atoms with E-state index in [1.807, 2.05) is 31.2 Å². The summed E-state index contributed by atoms with van der Waals surface area (Å²) in [6, 6.07) is 6.77. The number of anilines is 1. The standard InChI is InChI=1S/C14H19N3O3S/c1-2-20-11-5-3-9(4-6-11)16-14(21)17-8-10(18)7-12(17)13(15)19/h3-6,10,12,18H,2,7-8H2,1H3,(H2,15,19)(H,16,21)/t10-,12-/m1/s1. The van der Waals surface area contributed by atoms with Crippen LogP contribution >= 0.6 is 12.2 Å². The van der Waals surface area contributed by atoms with Crippen LogP contribution in [0.1, 0.15) is 13.3 Å². The third kappa shape index (κ3) is 3.83. The molecule has 1 heterocycles. The Balaban J connectivity index is 2.01. The number of carbonyl (C=O) groups excluding carboxylic acids is 1. The SMILES string of the molecule is CCOc1ccc(NC(=S)N2C[C@H](O)C[C@@H]2C(N)=O)cc1. The van der Waals surface area contributed by atoms with Crippen molar-refractivity contribution in [2.45, 2.75) is 25.5 Å². The lowest BCUT2D eigenvalue weighted by atomic mass is 10.2. The van der Waals surface area contributed by atoms with Gasteiger partial charge >= 0.3 is 0 Å². The molecular weight excluding hydrogens is 290 g/mol. The smallest absolute Gasteiger partial charge is 0.240 e. The molecule has 0 aliphatic carbocycles. The molecule has 2 rings (SSSR count). The van der Waals surface area contributed by atoms with Gasteiger partial charge in [-0.2, -0.15) is 0 Å². The van der Waals surface area contributed by atoms with Crippen LogP contribution in [-0.2, 0) is 4.79 Å². The second-order valence-corrected chi connectivity index (χ2v) is 5.23. The van der Waals surface area contributed by atoms with Crippen molar-refractivity contribution >= 4 is 28.9 Å². The highest BCUT2D eigenvalue weighted by atomic mass is 32.1. The third-order valence-corrected chi connectivity index (χ3v) is 3.62. The van der Waals surface area contributed by atoms with Crippen LogP contribution in [0.25, 0.3) is 0 Å². The molecule has 7 heteroatoms. The van der Waals surface area contributed by atoms with Gasteiger partial charge in [0.15, 0.2) is 5.11 Å². The van der Waals surface area contributed by atoms with E-state index in [2.05, 4.69) is 5.32 Å². The van der Waals surface area contributed by atoms with Crippen LogP contribution in [-0.4, -0.2) is 46.3 Å². The molecule has 21 heavy (non-hydrogen) atoms. The Labute approximate surface area is 128 Å². The van der Waals surface area contributed by atoms with E-state index in [4.69, 9.17) is 22.7 Å². The van der Waals surface area contributed by atoms with Crippen LogP contribution in [0.5, 0.6) is 5.75 Å². The Morgan fingerprint density at radius 3 is 2.76 bits per heavy atom. The fraction of sp³-hybridized carbons (Fsp3) is 0.429. The molecule has 1 saturated heterocycles. The van der Waals surface area contributed by atoms with Gasteiger partial charge in [-0.1, -0.05) is 0 Å². The lowest BCUT2D eigenvalue weighted by Gasteiger charge is -2.25. The first-order chi connectivity index (χ1) is 10.0. The van der Waals surface area contributed by atoms with Gasteiger partial charge < -0.3 is 25.8 Å². The van der Waals surface area contributed by atoms with Crippen LogP contribution in [0, 0.1) is 0 Å². The number of nitrogens with zero attached hydrogens (tertiary/aromatic N) is 1. The second-order valence-electron chi connectivity index (χ2n) is 4.85. The van der Waals surface area contributed by atoms with Gasteiger partial charge in [-0.25, -0.2) is 0 Å². The number of aliphatic hydroxyl groups excluding tert-OH is 1. The summed E-state index contributed by atoms with van der Waals surface area (Å²) in [4.78, 5) is 13.0. The van der Waals surface area contributed by atoms with E-state index in [0.29, 0.717) is 24.7 Å². The lowest BCUT2D eigenvalue weighted by molar-refractivity contribution is -0.121. The fourth-order valence-corrected chi connectivity index (χ4v) is 2.62. The molecule has 0 aromatic heterocycles. The highest BCUT2D eigenvalue weighted by Gasteiger charge is 2.36. The van der Waals surface area contributed by atoms with Crippen molar-refractivity contribution in [3.05, 3.63) is 24.3 Å². The average Bonchev–Trinajstić information content (AvgIpc) is 2.84. The summed E-state index contributed by atoms with van der Waals surface area (Å²) in [5.41, 5.74) is 6.12. The van der Waals surface area contributed by atoms with E-state index in [1.54, 1.807) is 4.90 Å². The summed E-state index contributed by atoms with van der Waals surface area (Å²) in [6.07, 6.45) is -0.289. The minimum Gasteiger partial charge on any atom is -0.494 e. The van der Waals surface area contributed by atoms with Crippen molar-refractivity contribution in [1.29, 1.82) is 0 Å². The van der Waals surface area contributed by atoms with Crippen LogP contribution < -0.4 is 15.8 Å². The van der Waals surface area contributed by atoms with Crippen molar-refractivity contribution in [2.75, 3.05) is 18.5 Å². The molecule has 1 aliphatic rings. The van der Waals surface area contributed by atoms with Gasteiger partial charge in [0, 0.05) is 18.7 Å². The highest BCUT2D eigenvalue weighted by Crippen LogP contribution is 2.21. The predicted octanol–water partition coefficient (Wildman–Crippen LogP) is 0.703. The number of hydrogen-bond acceptors (Lipinski definition) is 4. The van der Waals surface area contributed by atoms with Crippen LogP contribution in [0.3, 0.4) is 0 Å². The van der Waals surface area contributed by atoms with Gasteiger partial charge in [0.1, 0.15) is 11.8 Å². The number of rotatable bonds is 4. The largest absolute Gasteiger partial charge is 0.494 e. The highest BCUT2D eigenvalue weighted by molar-refractivity contribution is 7.80. The molecule has 1 amide bonds. The van der Waals surface area contributed by atoms with Crippen LogP contribution in [0.15, 0.2) is 24.3 Å². The number of thiocarbonyl (C=S) groups is 1. The lowest BCUT2D eigenvalue weighted by Crippen LogP contribution is -2.45. The van der Waals surface area contributed by atoms with Crippen molar-refractivity contribution in [3.8, 4) is 5.75 Å². The molecule has 0 saturated carbocycles. The summed E-state index contributed by atoms with van der Waals surface area (Å²) >= 11 is 5.29. The second kappa shape index (κ2) is 6.73. The first-order valence-corrected chi connectivity index (χ1v) is 7.20. The zero-order valence-electron chi connectivity index (χ0n) is 11.8. The van der Waals surface area contributed by atoms with Crippen molar-refractivity contribution in [2.24, 2.45) is 5.73 Å². The summed E-state index contributed by atoms with van der Waals surface area (Å²) in [5, 5.41) is 13.1. The Bertz CT molecular complexity index is 521. The van der Waals surface area contributed by atoms with E-state index < -0.39 is 18.1 Å². The molecule has 2 atom stereocenters. The Morgan fingerprint density at radius 2 is 2.19 bits per heavy atom. The normalized spacial score (nSPS) is 21.1. The Hall–Kier alpha value is -1.86. The van der Waals surface area contributed by atoms with Gasteiger partial charge in [0.05, 0.1) is 12.7 Å². The van der Waals surface area contributed by atoms with Gasteiger partial charge in [-0.15, -0.1) is 0 Å². The molecule has 0 bridgehead atoms. The van der Waals surface area contributed by atoms with Gasteiger partial charge in [0.25, 0.3) is 0 Å². The number of likely N-dealkylation sites (tertiary alicyclic amines) is 1. The number of nitrogens with two attached hydrogens (primary N) is 1. The molecular formula is C14H19N3O3S. The maximum absolute atomic E-state index is 11.4. The number of carbonyl (C=O) groups is 1. The fourth-order valence-electron chi connectivity index (χ4n) is 2.30. The minimum atomic E-state index is -0.595. The molecule has 1 fully saturated rings. The quantitative estimate of drug-likeness (QED) is 0.710. The van der Waals surface area contributed by atoms with Crippen LogP contribution in [0.4, 0.5) is 5.69 Å². The van der Waals surface area contributed by atoms with E-state index in [1.165, 1.54) is 0 Å². The summed E-state index contributed by atoms with van der Waals surface area (Å²) in [5.74, 6) is 0.294.